The van der Waals surface area contributed by atoms with Crippen LogP contribution >= 0.6 is 0 Å². The molecule has 0 radical (unpaired) electrons. The van der Waals surface area contributed by atoms with E-state index in [-0.39, 0.29) is 0 Å². The Bertz CT molecular complexity index is 625. The Morgan fingerprint density at radius 1 is 1.29 bits per heavy atom. The average molecular weight is 284 g/mol. The number of nitrogens with one attached hydrogen (secondary N) is 1. The van der Waals surface area contributed by atoms with Gasteiger partial charge in [0, 0.05) is 25.5 Å². The van der Waals surface area contributed by atoms with Crippen LogP contribution in [-0.4, -0.2) is 30.1 Å². The molecule has 1 heterocycles. The number of para-hydroxylation sites is 1. The van der Waals surface area contributed by atoms with E-state index in [1.54, 1.807) is 0 Å². The summed E-state index contributed by atoms with van der Waals surface area (Å²) in [7, 11) is 2.14. The van der Waals surface area contributed by atoms with Crippen molar-refractivity contribution in [1.29, 1.82) is 0 Å². The summed E-state index contributed by atoms with van der Waals surface area (Å²) >= 11 is 0. The van der Waals surface area contributed by atoms with E-state index in [1.807, 2.05) is 6.07 Å². The fourth-order valence-electron chi connectivity index (χ4n) is 2.76. The predicted molar refractivity (Wildman–Crippen MR) is 88.9 cm³/mol. The molecule has 4 nitrogen and oxygen atoms in total. The number of anilines is 2. The highest BCUT2D eigenvalue weighted by Crippen LogP contribution is 2.39. The van der Waals surface area contributed by atoms with Crippen LogP contribution in [0, 0.1) is 11.8 Å². The second-order valence-corrected chi connectivity index (χ2v) is 6.17. The molecule has 21 heavy (non-hydrogen) atoms. The van der Waals surface area contributed by atoms with Gasteiger partial charge in [-0.15, -0.1) is 0 Å². The van der Waals surface area contributed by atoms with Gasteiger partial charge in [0.1, 0.15) is 5.82 Å². The highest BCUT2D eigenvalue weighted by molar-refractivity contribution is 5.90. The summed E-state index contributed by atoms with van der Waals surface area (Å²) in [5.74, 6) is 3.45. The van der Waals surface area contributed by atoms with Crippen molar-refractivity contribution >= 4 is 22.7 Å². The molecule has 1 fully saturated rings. The number of benzene rings is 1. The normalized spacial score (nSPS) is 20.5. The molecule has 0 amide bonds. The molecule has 1 saturated carbocycles. The van der Waals surface area contributed by atoms with E-state index < -0.39 is 0 Å². The summed E-state index contributed by atoms with van der Waals surface area (Å²) in [6.45, 7) is 6.46. The fraction of sp³-hybridized carbons (Fsp3) is 0.529. The number of aromatic nitrogens is 2. The van der Waals surface area contributed by atoms with Crippen molar-refractivity contribution in [1.82, 2.24) is 9.97 Å². The largest absolute Gasteiger partial charge is 0.359 e. The van der Waals surface area contributed by atoms with Crippen molar-refractivity contribution in [3.8, 4) is 0 Å². The second-order valence-electron chi connectivity index (χ2n) is 6.17. The SMILES string of the molecule is CCCNc1nc(N(C)CC2CC2C)c2ccccc2n1. The Morgan fingerprint density at radius 2 is 2.05 bits per heavy atom. The van der Waals surface area contributed by atoms with Crippen LogP contribution in [0.15, 0.2) is 24.3 Å². The van der Waals surface area contributed by atoms with Gasteiger partial charge in [0.05, 0.1) is 5.52 Å². The molecule has 0 aliphatic heterocycles. The summed E-state index contributed by atoms with van der Waals surface area (Å²) in [5.41, 5.74) is 1.01. The molecule has 0 bridgehead atoms. The van der Waals surface area contributed by atoms with Crippen molar-refractivity contribution in [3.63, 3.8) is 0 Å². The standard InChI is InChI=1S/C17H24N4/c1-4-9-18-17-19-15-8-6-5-7-14(15)16(20-17)21(3)11-13-10-12(13)2/h5-8,12-13H,4,9-11H2,1-3H3,(H,18,19,20). The van der Waals surface area contributed by atoms with Crippen molar-refractivity contribution < 1.29 is 0 Å². The van der Waals surface area contributed by atoms with Crippen molar-refractivity contribution in [3.05, 3.63) is 24.3 Å². The summed E-state index contributed by atoms with van der Waals surface area (Å²) in [5, 5.41) is 4.45. The minimum absolute atomic E-state index is 0.737. The first-order chi connectivity index (χ1) is 10.2. The maximum atomic E-state index is 4.75. The summed E-state index contributed by atoms with van der Waals surface area (Å²) < 4.78 is 0. The zero-order valence-electron chi connectivity index (χ0n) is 13.1. The van der Waals surface area contributed by atoms with Gasteiger partial charge in [-0.2, -0.15) is 4.98 Å². The van der Waals surface area contributed by atoms with Crippen molar-refractivity contribution in [2.24, 2.45) is 11.8 Å². The Labute approximate surface area is 126 Å². The third-order valence-corrected chi connectivity index (χ3v) is 4.26. The molecular weight excluding hydrogens is 260 g/mol. The van der Waals surface area contributed by atoms with E-state index in [1.165, 1.54) is 6.42 Å². The molecule has 0 saturated heterocycles. The number of hydrogen-bond acceptors (Lipinski definition) is 4. The van der Waals surface area contributed by atoms with E-state index in [2.05, 4.69) is 54.3 Å². The lowest BCUT2D eigenvalue weighted by atomic mass is 10.2. The maximum Gasteiger partial charge on any atom is 0.225 e. The molecule has 112 valence electrons. The minimum Gasteiger partial charge on any atom is -0.359 e. The lowest BCUT2D eigenvalue weighted by Crippen LogP contribution is -2.22. The first kappa shape index (κ1) is 14.1. The van der Waals surface area contributed by atoms with Crippen LogP contribution in [0.4, 0.5) is 11.8 Å². The summed E-state index contributed by atoms with van der Waals surface area (Å²) in [4.78, 5) is 11.7. The van der Waals surface area contributed by atoms with E-state index in [0.717, 1.165) is 54.0 Å². The molecule has 1 aliphatic rings. The molecule has 4 heteroatoms. The molecule has 2 unspecified atom stereocenters. The van der Waals surface area contributed by atoms with Gasteiger partial charge in [-0.05, 0) is 36.8 Å². The van der Waals surface area contributed by atoms with Crippen molar-refractivity contribution in [2.75, 3.05) is 30.4 Å². The number of hydrogen-bond donors (Lipinski definition) is 1. The molecular formula is C17H24N4. The third kappa shape index (κ3) is 3.09. The van der Waals surface area contributed by atoms with Gasteiger partial charge in [-0.1, -0.05) is 26.0 Å². The Hall–Kier alpha value is -1.84. The average Bonchev–Trinajstić information content (AvgIpc) is 3.19. The molecule has 0 spiro atoms. The smallest absolute Gasteiger partial charge is 0.225 e. The monoisotopic (exact) mass is 284 g/mol. The van der Waals surface area contributed by atoms with Gasteiger partial charge in [-0.3, -0.25) is 0 Å². The first-order valence-corrected chi connectivity index (χ1v) is 7.90. The van der Waals surface area contributed by atoms with Crippen molar-refractivity contribution in [2.45, 2.75) is 26.7 Å². The number of rotatable bonds is 6. The highest BCUT2D eigenvalue weighted by Gasteiger charge is 2.33. The lowest BCUT2D eigenvalue weighted by molar-refractivity contribution is 0.721. The zero-order valence-corrected chi connectivity index (χ0v) is 13.1. The molecule has 1 aliphatic carbocycles. The van der Waals surface area contributed by atoms with Gasteiger partial charge < -0.3 is 10.2 Å². The van der Waals surface area contributed by atoms with E-state index in [9.17, 15) is 0 Å². The van der Waals surface area contributed by atoms with Gasteiger partial charge >= 0.3 is 0 Å². The molecule has 3 rings (SSSR count). The van der Waals surface area contributed by atoms with Gasteiger partial charge in [0.25, 0.3) is 0 Å². The number of nitrogens with zero attached hydrogens (tertiary/aromatic N) is 3. The van der Waals surface area contributed by atoms with Crippen LogP contribution in [0.1, 0.15) is 26.7 Å². The van der Waals surface area contributed by atoms with Gasteiger partial charge in [0.15, 0.2) is 0 Å². The van der Waals surface area contributed by atoms with Crippen LogP contribution in [0.2, 0.25) is 0 Å². The van der Waals surface area contributed by atoms with E-state index in [4.69, 9.17) is 4.98 Å². The van der Waals surface area contributed by atoms with E-state index >= 15 is 0 Å². The highest BCUT2D eigenvalue weighted by atomic mass is 15.2. The fourth-order valence-corrected chi connectivity index (χ4v) is 2.76. The maximum absolute atomic E-state index is 4.75. The Kier molecular flexibility index (Phi) is 3.95. The third-order valence-electron chi connectivity index (χ3n) is 4.26. The molecule has 2 aromatic rings. The van der Waals surface area contributed by atoms with Crippen LogP contribution < -0.4 is 10.2 Å². The van der Waals surface area contributed by atoms with Crippen LogP contribution in [0.5, 0.6) is 0 Å². The molecule has 1 N–H and O–H groups in total. The molecule has 2 atom stereocenters. The number of fused-ring (bicyclic) bond motifs is 1. The van der Waals surface area contributed by atoms with Gasteiger partial charge in [-0.25, -0.2) is 4.98 Å². The van der Waals surface area contributed by atoms with Gasteiger partial charge in [0.2, 0.25) is 5.95 Å². The molecule has 1 aromatic heterocycles. The van der Waals surface area contributed by atoms with Crippen LogP contribution in [-0.2, 0) is 0 Å². The summed E-state index contributed by atoms with van der Waals surface area (Å²) in [6.07, 6.45) is 2.41. The van der Waals surface area contributed by atoms with Crippen LogP contribution in [0.25, 0.3) is 10.9 Å². The first-order valence-electron chi connectivity index (χ1n) is 7.90. The minimum atomic E-state index is 0.737. The van der Waals surface area contributed by atoms with Crippen LogP contribution in [0.3, 0.4) is 0 Å². The molecule has 1 aromatic carbocycles. The lowest BCUT2D eigenvalue weighted by Gasteiger charge is -2.20. The summed E-state index contributed by atoms with van der Waals surface area (Å²) in [6, 6.07) is 8.26. The Balaban J connectivity index is 1.93. The zero-order chi connectivity index (χ0) is 14.8. The predicted octanol–water partition coefficient (Wildman–Crippen LogP) is 3.54. The quantitative estimate of drug-likeness (QED) is 0.881. The topological polar surface area (TPSA) is 41.1 Å². The Morgan fingerprint density at radius 3 is 2.76 bits per heavy atom. The van der Waals surface area contributed by atoms with E-state index in [0.29, 0.717) is 0 Å². The second kappa shape index (κ2) is 5.88.